The SMILES string of the molecule is COc1ccc(C[C@H]2c3ccc(C)cc3CC[N@+]2([O-])CC2CC2)cc1O.COc1ccc(C[C@H]2c3ccc(C)cc3CC[N@@+]2([O-])CC2CC2)cc1O.[O-][N@+]1(CC2CC2)CCc2cc(CO)ccc2[C@H]1Cc1ccc(CO)c(O)c1. The lowest BCUT2D eigenvalue weighted by molar-refractivity contribution is -0.915. The molecule has 420 valence electrons. The summed E-state index contributed by atoms with van der Waals surface area (Å²) >= 11 is 0. The van der Waals surface area contributed by atoms with E-state index >= 15 is 0 Å². The van der Waals surface area contributed by atoms with Crippen LogP contribution in [0.2, 0.25) is 0 Å². The van der Waals surface area contributed by atoms with Crippen LogP contribution in [0.1, 0.15) is 129 Å². The highest BCUT2D eigenvalue weighted by Gasteiger charge is 2.43. The van der Waals surface area contributed by atoms with Gasteiger partial charge in [-0.25, -0.2) is 0 Å². The van der Waals surface area contributed by atoms with Crippen molar-refractivity contribution in [2.45, 2.75) is 122 Å². The average molecular weight is 1080 g/mol. The Morgan fingerprint density at radius 2 is 0.785 bits per heavy atom. The largest absolute Gasteiger partial charge is 0.632 e. The van der Waals surface area contributed by atoms with E-state index in [1.165, 1.54) is 59.1 Å². The molecular weight excluding hydrogens is 995 g/mol. The third-order valence-corrected chi connectivity index (χ3v) is 17.9. The molecule has 3 aliphatic heterocycles. The molecule has 6 aromatic carbocycles. The van der Waals surface area contributed by atoms with Crippen LogP contribution in [0.15, 0.2) is 109 Å². The van der Waals surface area contributed by atoms with Gasteiger partial charge in [0.05, 0.1) is 66.7 Å². The van der Waals surface area contributed by atoms with Crippen molar-refractivity contribution in [3.05, 3.63) is 197 Å². The summed E-state index contributed by atoms with van der Waals surface area (Å²) in [6.07, 6.45) is 11.4. The number of quaternary nitrogens is 3. The molecule has 0 aromatic heterocycles. The second-order valence-electron chi connectivity index (χ2n) is 24.0. The predicted molar refractivity (Wildman–Crippen MR) is 307 cm³/mol. The highest BCUT2D eigenvalue weighted by Crippen LogP contribution is 2.47. The summed E-state index contributed by atoms with van der Waals surface area (Å²) in [5.74, 6) is 3.00. The molecule has 0 unspecified atom stereocenters. The molecular formula is C66H81N3O10. The minimum atomic E-state index is -0.210. The Morgan fingerprint density at radius 3 is 1.13 bits per heavy atom. The van der Waals surface area contributed by atoms with Gasteiger partial charge in [0.1, 0.15) is 23.9 Å². The Kier molecular flexibility index (Phi) is 16.8. The van der Waals surface area contributed by atoms with E-state index in [4.69, 9.17) is 9.47 Å². The first kappa shape index (κ1) is 56.3. The molecule has 0 bridgehead atoms. The molecule has 13 heteroatoms. The summed E-state index contributed by atoms with van der Waals surface area (Å²) in [6.45, 7) is 7.99. The summed E-state index contributed by atoms with van der Waals surface area (Å²) in [5, 5.41) is 90.5. The number of aliphatic hydroxyl groups excluding tert-OH is 2. The number of hydrogen-bond acceptors (Lipinski definition) is 10. The zero-order valence-corrected chi connectivity index (χ0v) is 46.6. The number of hydrogen-bond donors (Lipinski definition) is 5. The van der Waals surface area contributed by atoms with Crippen molar-refractivity contribution in [1.82, 2.24) is 0 Å². The normalized spacial score (nSPS) is 24.8. The van der Waals surface area contributed by atoms with Crippen LogP contribution in [0, 0.1) is 47.2 Å². The van der Waals surface area contributed by atoms with Crippen molar-refractivity contribution < 1.29 is 48.9 Å². The number of rotatable bonds is 16. The average Bonchev–Trinajstić information content (AvgIpc) is 4.37. The maximum absolute atomic E-state index is 13.8. The molecule has 0 radical (unpaired) electrons. The van der Waals surface area contributed by atoms with Crippen LogP contribution in [0.5, 0.6) is 28.7 Å². The fraction of sp³-hybridized carbons (Fsp3) is 0.455. The van der Waals surface area contributed by atoms with E-state index in [2.05, 4.69) is 50.2 Å². The van der Waals surface area contributed by atoms with Gasteiger partial charge in [0.15, 0.2) is 23.0 Å². The van der Waals surface area contributed by atoms with Crippen LogP contribution >= 0.6 is 0 Å². The van der Waals surface area contributed by atoms with Crippen LogP contribution in [0.4, 0.5) is 0 Å². The van der Waals surface area contributed by atoms with E-state index in [0.29, 0.717) is 80.3 Å². The number of phenols is 3. The summed E-state index contributed by atoms with van der Waals surface area (Å²) in [6, 6.07) is 34.8. The van der Waals surface area contributed by atoms with E-state index in [9.17, 15) is 41.2 Å². The fourth-order valence-corrected chi connectivity index (χ4v) is 13.0. The van der Waals surface area contributed by atoms with E-state index in [-0.39, 0.29) is 62.5 Å². The summed E-state index contributed by atoms with van der Waals surface area (Å²) in [5.41, 5.74) is 14.0. The smallest absolute Gasteiger partial charge is 0.160 e. The molecule has 79 heavy (non-hydrogen) atoms. The number of phenolic OH excluding ortho intramolecular Hbond substituents is 2. The van der Waals surface area contributed by atoms with Gasteiger partial charge in [0, 0.05) is 78.5 Å². The number of aromatic hydroxyl groups is 3. The Labute approximate surface area is 466 Å². The maximum Gasteiger partial charge on any atom is 0.160 e. The van der Waals surface area contributed by atoms with Gasteiger partial charge < -0.3 is 64.6 Å². The van der Waals surface area contributed by atoms with E-state index in [1.807, 2.05) is 36.4 Å². The standard InChI is InChI=1S/C22H27NO4.2C22H27NO3/c24-13-17-4-6-20-18(9-17)7-8-23(27,12-15-1-2-15)21(20)10-16-3-5-19(14-25)22(26)11-16;2*1-15-3-7-19-18(11-15)9-10-23(25,14-16-4-5-16)20(19)12-17-6-8-22(26-2)21(24)13-17/h3-6,9,11,15,21,24-26H,1-2,7-8,10,12-14H2;2*3,6-8,11,13,16,20,24H,4-5,9-10,12,14H2,1-2H3/t21-,23+;20-,23+;20-,23-/m100/s1. The van der Waals surface area contributed by atoms with E-state index in [1.54, 1.807) is 50.6 Å². The van der Waals surface area contributed by atoms with Crippen LogP contribution in [-0.4, -0.2) is 93.0 Å². The number of nitrogens with zero attached hydrogens (tertiary/aromatic N) is 3. The van der Waals surface area contributed by atoms with Crippen LogP contribution in [0.3, 0.4) is 0 Å². The minimum Gasteiger partial charge on any atom is -0.632 e. The van der Waals surface area contributed by atoms with Gasteiger partial charge in [-0.2, -0.15) is 0 Å². The molecule has 5 N–H and O–H groups in total. The van der Waals surface area contributed by atoms with Gasteiger partial charge in [0.2, 0.25) is 0 Å². The molecule has 13 nitrogen and oxygen atoms in total. The molecule has 0 spiro atoms. The van der Waals surface area contributed by atoms with Gasteiger partial charge in [-0.15, -0.1) is 0 Å². The Morgan fingerprint density at radius 1 is 0.430 bits per heavy atom. The lowest BCUT2D eigenvalue weighted by Crippen LogP contribution is -2.51. The van der Waals surface area contributed by atoms with Crippen LogP contribution < -0.4 is 9.47 Å². The summed E-state index contributed by atoms with van der Waals surface area (Å²) < 4.78 is 9.82. The minimum absolute atomic E-state index is 0.00783. The number of ether oxygens (including phenoxy) is 2. The maximum atomic E-state index is 13.8. The number of benzene rings is 6. The van der Waals surface area contributed by atoms with Gasteiger partial charge in [-0.1, -0.05) is 90.0 Å². The predicted octanol–water partition coefficient (Wildman–Crippen LogP) is 11.5. The first-order chi connectivity index (χ1) is 38.0. The third-order valence-electron chi connectivity index (χ3n) is 17.9. The third kappa shape index (κ3) is 13.1. The van der Waals surface area contributed by atoms with Crippen molar-refractivity contribution in [3.63, 3.8) is 0 Å². The molecule has 0 saturated heterocycles. The van der Waals surface area contributed by atoms with Crippen LogP contribution in [-0.2, 0) is 51.7 Å². The first-order valence-electron chi connectivity index (χ1n) is 28.8. The Balaban J connectivity index is 0.000000134. The Hall–Kier alpha value is -6.00. The van der Waals surface area contributed by atoms with E-state index < -0.39 is 0 Å². The zero-order valence-electron chi connectivity index (χ0n) is 46.6. The fourth-order valence-electron chi connectivity index (χ4n) is 13.0. The second kappa shape index (κ2) is 23.6. The highest BCUT2D eigenvalue weighted by molar-refractivity contribution is 5.45. The number of aryl methyl sites for hydroxylation is 2. The first-order valence-corrected chi connectivity index (χ1v) is 28.8. The lowest BCUT2D eigenvalue weighted by atomic mass is 9.86. The van der Waals surface area contributed by atoms with Crippen molar-refractivity contribution in [2.75, 3.05) is 53.5 Å². The monoisotopic (exact) mass is 1080 g/mol. The molecule has 6 aliphatic rings. The summed E-state index contributed by atoms with van der Waals surface area (Å²) in [7, 11) is 3.09. The Bertz CT molecular complexity index is 2980. The molecule has 3 aliphatic carbocycles. The second-order valence-corrected chi connectivity index (χ2v) is 24.0. The number of methoxy groups -OCH3 is 2. The molecule has 12 rings (SSSR count). The number of fused-ring (bicyclic) bond motifs is 3. The summed E-state index contributed by atoms with van der Waals surface area (Å²) in [4.78, 5) is 0. The quantitative estimate of drug-likeness (QED) is 0.0461. The van der Waals surface area contributed by atoms with Crippen molar-refractivity contribution in [2.24, 2.45) is 17.8 Å². The van der Waals surface area contributed by atoms with Gasteiger partial charge in [-0.3, -0.25) is 0 Å². The van der Waals surface area contributed by atoms with Gasteiger partial charge in [-0.05, 0) is 122 Å². The molecule has 6 aromatic rings. The van der Waals surface area contributed by atoms with Gasteiger partial charge >= 0.3 is 0 Å². The number of aliphatic hydroxyl groups is 2. The van der Waals surface area contributed by atoms with Crippen molar-refractivity contribution in [1.29, 1.82) is 0 Å². The zero-order chi connectivity index (χ0) is 55.6. The topological polar surface area (TPSA) is 189 Å². The van der Waals surface area contributed by atoms with Crippen molar-refractivity contribution in [3.8, 4) is 28.7 Å². The van der Waals surface area contributed by atoms with Crippen LogP contribution in [0.25, 0.3) is 0 Å². The lowest BCUT2D eigenvalue weighted by Gasteiger charge is -2.52. The van der Waals surface area contributed by atoms with Gasteiger partial charge in [0.25, 0.3) is 0 Å². The molecule has 3 saturated carbocycles. The molecule has 3 fully saturated rings. The van der Waals surface area contributed by atoms with Crippen molar-refractivity contribution >= 4 is 0 Å². The molecule has 6 atom stereocenters. The van der Waals surface area contributed by atoms with E-state index in [0.717, 1.165) is 78.6 Å². The highest BCUT2D eigenvalue weighted by atomic mass is 16.6. The number of hydroxylamine groups is 9. The molecule has 3 heterocycles. The molecule has 0 amide bonds.